The topological polar surface area (TPSA) is 57.5 Å². The number of aliphatic hydroxyl groups is 1. The van der Waals surface area contributed by atoms with Crippen LogP contribution in [0.4, 0.5) is 0 Å². The molecule has 0 saturated heterocycles. The van der Waals surface area contributed by atoms with Crippen LogP contribution in [-0.4, -0.2) is 16.2 Å². The quantitative estimate of drug-likeness (QED) is 0.472. The van der Waals surface area contributed by atoms with E-state index < -0.39 is 5.97 Å². The zero-order valence-electron chi connectivity index (χ0n) is 6.23. The van der Waals surface area contributed by atoms with Gasteiger partial charge in [-0.2, -0.15) is 0 Å². The van der Waals surface area contributed by atoms with Crippen molar-refractivity contribution in [2.45, 2.75) is 19.3 Å². The number of carboxylic acids is 1. The molecule has 62 valence electrons. The molecule has 0 saturated carbocycles. The van der Waals surface area contributed by atoms with Gasteiger partial charge in [-0.1, -0.05) is 12.2 Å². The van der Waals surface area contributed by atoms with Crippen LogP contribution in [-0.2, 0) is 4.79 Å². The number of allylic oxidation sites excluding steroid dienone is 3. The minimum Gasteiger partial charge on any atom is -0.516 e. The summed E-state index contributed by atoms with van der Waals surface area (Å²) in [6.45, 7) is 0. The predicted molar refractivity (Wildman–Crippen MR) is 42.4 cm³/mol. The van der Waals surface area contributed by atoms with Crippen LogP contribution in [0.25, 0.3) is 0 Å². The Balaban J connectivity index is 3.23. The molecule has 0 fully saturated rings. The standard InChI is InChI=1S/C8H12O3/c9-7-5-3-1-2-4-6-8(10)11/h1-2,5,7,9H,3-4,6H2,(H,10,11). The number of carboxylic acid groups (broad SMARTS) is 1. The summed E-state index contributed by atoms with van der Waals surface area (Å²) in [5, 5.41) is 16.4. The highest BCUT2D eigenvalue weighted by molar-refractivity contribution is 5.66. The van der Waals surface area contributed by atoms with Crippen molar-refractivity contribution in [2.75, 3.05) is 0 Å². The van der Waals surface area contributed by atoms with Gasteiger partial charge in [-0.15, -0.1) is 0 Å². The molecule has 0 aromatic carbocycles. The fourth-order valence-corrected chi connectivity index (χ4v) is 0.560. The van der Waals surface area contributed by atoms with Gasteiger partial charge in [0.25, 0.3) is 0 Å². The lowest BCUT2D eigenvalue weighted by Gasteiger charge is -1.85. The Kier molecular flexibility index (Phi) is 6.08. The molecule has 3 heteroatoms. The summed E-state index contributed by atoms with van der Waals surface area (Å²) in [4.78, 5) is 10.0. The SMILES string of the molecule is O=C(O)CCC=CCC=CO. The van der Waals surface area contributed by atoms with Crippen LogP contribution < -0.4 is 0 Å². The Morgan fingerprint density at radius 3 is 2.55 bits per heavy atom. The van der Waals surface area contributed by atoms with Gasteiger partial charge >= 0.3 is 5.97 Å². The molecule has 0 unspecified atom stereocenters. The second kappa shape index (κ2) is 6.86. The van der Waals surface area contributed by atoms with E-state index in [4.69, 9.17) is 10.2 Å². The highest BCUT2D eigenvalue weighted by Gasteiger charge is 1.90. The number of aliphatic carboxylic acids is 1. The van der Waals surface area contributed by atoms with Gasteiger partial charge in [0.15, 0.2) is 0 Å². The molecule has 0 amide bonds. The van der Waals surface area contributed by atoms with Gasteiger partial charge in [0, 0.05) is 6.42 Å². The van der Waals surface area contributed by atoms with E-state index >= 15 is 0 Å². The van der Waals surface area contributed by atoms with E-state index in [0.717, 1.165) is 6.26 Å². The summed E-state index contributed by atoms with van der Waals surface area (Å²) in [5.41, 5.74) is 0. The second-order valence-electron chi connectivity index (χ2n) is 2.02. The largest absolute Gasteiger partial charge is 0.516 e. The molecule has 0 spiro atoms. The maximum absolute atomic E-state index is 10.0. The summed E-state index contributed by atoms with van der Waals surface area (Å²) >= 11 is 0. The first kappa shape index (κ1) is 9.75. The van der Waals surface area contributed by atoms with Gasteiger partial charge in [-0.25, -0.2) is 0 Å². The summed E-state index contributed by atoms with van der Waals surface area (Å²) in [6.07, 6.45) is 7.52. The maximum atomic E-state index is 10.0. The highest BCUT2D eigenvalue weighted by Crippen LogP contribution is 1.92. The van der Waals surface area contributed by atoms with Crippen molar-refractivity contribution in [3.05, 3.63) is 24.5 Å². The number of aliphatic hydroxyl groups excluding tert-OH is 1. The Morgan fingerprint density at radius 1 is 1.27 bits per heavy atom. The Morgan fingerprint density at radius 2 is 2.00 bits per heavy atom. The number of rotatable bonds is 5. The van der Waals surface area contributed by atoms with Crippen LogP contribution in [0.3, 0.4) is 0 Å². The van der Waals surface area contributed by atoms with Gasteiger partial charge in [0.1, 0.15) is 0 Å². The summed E-state index contributed by atoms with van der Waals surface area (Å²) in [5.74, 6) is -0.785. The fraction of sp³-hybridized carbons (Fsp3) is 0.375. The van der Waals surface area contributed by atoms with Crippen LogP contribution in [0.2, 0.25) is 0 Å². The average Bonchev–Trinajstić information content (AvgIpc) is 1.96. The lowest BCUT2D eigenvalue weighted by molar-refractivity contribution is -0.136. The smallest absolute Gasteiger partial charge is 0.303 e. The van der Waals surface area contributed by atoms with Crippen LogP contribution in [0, 0.1) is 0 Å². The lowest BCUT2D eigenvalue weighted by Crippen LogP contribution is -1.91. The number of carbonyl (C=O) groups is 1. The first-order chi connectivity index (χ1) is 5.27. The minimum atomic E-state index is -0.785. The van der Waals surface area contributed by atoms with Crippen molar-refractivity contribution in [1.82, 2.24) is 0 Å². The third-order valence-electron chi connectivity index (χ3n) is 1.07. The highest BCUT2D eigenvalue weighted by atomic mass is 16.4. The van der Waals surface area contributed by atoms with Crippen LogP contribution >= 0.6 is 0 Å². The van der Waals surface area contributed by atoms with Gasteiger partial charge in [0.2, 0.25) is 0 Å². The third kappa shape index (κ3) is 8.75. The van der Waals surface area contributed by atoms with Crippen molar-refractivity contribution in [3.8, 4) is 0 Å². The summed E-state index contributed by atoms with van der Waals surface area (Å²) in [6, 6.07) is 0. The molecule has 0 aliphatic carbocycles. The Hall–Kier alpha value is -1.25. The molecule has 0 aromatic rings. The van der Waals surface area contributed by atoms with Gasteiger partial charge in [-0.05, 0) is 18.9 Å². The molecule has 2 N–H and O–H groups in total. The molecule has 0 aliphatic rings. The van der Waals surface area contributed by atoms with E-state index in [-0.39, 0.29) is 6.42 Å². The molecule has 0 atom stereocenters. The van der Waals surface area contributed by atoms with Crippen molar-refractivity contribution < 1.29 is 15.0 Å². The molecule has 0 bridgehead atoms. The molecular weight excluding hydrogens is 144 g/mol. The fourth-order valence-electron chi connectivity index (χ4n) is 0.560. The monoisotopic (exact) mass is 156 g/mol. The lowest BCUT2D eigenvalue weighted by atomic mass is 10.2. The van der Waals surface area contributed by atoms with Crippen LogP contribution in [0.5, 0.6) is 0 Å². The summed E-state index contributed by atoms with van der Waals surface area (Å²) in [7, 11) is 0. The van der Waals surface area contributed by atoms with Crippen LogP contribution in [0.15, 0.2) is 24.5 Å². The van der Waals surface area contributed by atoms with Gasteiger partial charge < -0.3 is 10.2 Å². The van der Waals surface area contributed by atoms with Gasteiger partial charge in [-0.3, -0.25) is 4.79 Å². The first-order valence-electron chi connectivity index (χ1n) is 3.43. The van der Waals surface area contributed by atoms with E-state index in [0.29, 0.717) is 12.8 Å². The second-order valence-corrected chi connectivity index (χ2v) is 2.02. The molecule has 0 aromatic heterocycles. The molecule has 0 aliphatic heterocycles. The molecule has 11 heavy (non-hydrogen) atoms. The zero-order valence-corrected chi connectivity index (χ0v) is 6.23. The van der Waals surface area contributed by atoms with Crippen LogP contribution in [0.1, 0.15) is 19.3 Å². The maximum Gasteiger partial charge on any atom is 0.303 e. The summed E-state index contributed by atoms with van der Waals surface area (Å²) < 4.78 is 0. The van der Waals surface area contributed by atoms with Crippen molar-refractivity contribution >= 4 is 5.97 Å². The Labute approximate surface area is 65.7 Å². The van der Waals surface area contributed by atoms with E-state index in [1.165, 1.54) is 0 Å². The van der Waals surface area contributed by atoms with E-state index in [2.05, 4.69) is 0 Å². The van der Waals surface area contributed by atoms with Crippen molar-refractivity contribution in [3.63, 3.8) is 0 Å². The molecule has 0 radical (unpaired) electrons. The van der Waals surface area contributed by atoms with Crippen molar-refractivity contribution in [1.29, 1.82) is 0 Å². The normalized spacial score (nSPS) is 11.3. The van der Waals surface area contributed by atoms with E-state index in [1.807, 2.05) is 6.08 Å². The third-order valence-corrected chi connectivity index (χ3v) is 1.07. The Bertz CT molecular complexity index is 159. The molecule has 0 rings (SSSR count). The van der Waals surface area contributed by atoms with Gasteiger partial charge in [0.05, 0.1) is 6.26 Å². The van der Waals surface area contributed by atoms with Crippen molar-refractivity contribution in [2.24, 2.45) is 0 Å². The first-order valence-corrected chi connectivity index (χ1v) is 3.43. The number of hydrogen-bond donors (Lipinski definition) is 2. The average molecular weight is 156 g/mol. The zero-order chi connectivity index (χ0) is 8.53. The number of hydrogen-bond acceptors (Lipinski definition) is 2. The molecule has 3 nitrogen and oxygen atoms in total. The van der Waals surface area contributed by atoms with E-state index in [9.17, 15) is 4.79 Å². The predicted octanol–water partition coefficient (Wildman–Crippen LogP) is 1.87. The minimum absolute atomic E-state index is 0.166. The molecular formula is C8H12O3. The van der Waals surface area contributed by atoms with E-state index in [1.54, 1.807) is 12.2 Å². The molecule has 0 heterocycles.